The Labute approximate surface area is 98.0 Å². The van der Waals surface area contributed by atoms with Gasteiger partial charge in [0.2, 0.25) is 0 Å². The van der Waals surface area contributed by atoms with Crippen molar-refractivity contribution in [1.82, 2.24) is 0 Å². The minimum absolute atomic E-state index is 0.304. The fourth-order valence-electron chi connectivity index (χ4n) is 0.992. The molecule has 7 nitrogen and oxygen atoms in total. The van der Waals surface area contributed by atoms with Gasteiger partial charge in [0.1, 0.15) is 6.61 Å². The quantitative estimate of drug-likeness (QED) is 0.358. The van der Waals surface area contributed by atoms with E-state index in [1.807, 2.05) is 0 Å². The fraction of sp³-hybridized carbons (Fsp3) is 0.600. The molecule has 0 saturated carbocycles. The summed E-state index contributed by atoms with van der Waals surface area (Å²) in [4.78, 5) is 42.8. The molecule has 0 aliphatic heterocycles. The van der Waals surface area contributed by atoms with Gasteiger partial charge >= 0.3 is 17.9 Å². The monoisotopic (exact) mass is 246 g/mol. The van der Waals surface area contributed by atoms with Crippen LogP contribution in [0.15, 0.2) is 0 Å². The zero-order chi connectivity index (χ0) is 13.4. The maximum absolute atomic E-state index is 10.8. The van der Waals surface area contributed by atoms with Crippen molar-refractivity contribution < 1.29 is 33.4 Å². The van der Waals surface area contributed by atoms with Crippen molar-refractivity contribution in [3.8, 4) is 0 Å². The molecule has 0 rings (SSSR count). The molecule has 7 heteroatoms. The predicted molar refractivity (Wildman–Crippen MR) is 53.8 cm³/mol. The van der Waals surface area contributed by atoms with Crippen LogP contribution in [0.2, 0.25) is 0 Å². The first-order chi connectivity index (χ1) is 7.86. The highest BCUT2D eigenvalue weighted by atomic mass is 16.6. The van der Waals surface area contributed by atoms with Crippen molar-refractivity contribution in [1.29, 1.82) is 0 Å². The summed E-state index contributed by atoms with van der Waals surface area (Å²) >= 11 is 0. The Balaban J connectivity index is 4.60. The average molecular weight is 246 g/mol. The van der Waals surface area contributed by atoms with Crippen LogP contribution in [-0.4, -0.2) is 43.0 Å². The van der Waals surface area contributed by atoms with E-state index in [0.29, 0.717) is 6.29 Å². The minimum atomic E-state index is -1.30. The number of carbonyl (C=O) groups is 4. The minimum Gasteiger partial charge on any atom is -0.462 e. The van der Waals surface area contributed by atoms with Crippen molar-refractivity contribution in [2.24, 2.45) is 0 Å². The largest absolute Gasteiger partial charge is 0.462 e. The molecule has 2 atom stereocenters. The molecule has 0 heterocycles. The van der Waals surface area contributed by atoms with E-state index in [1.165, 1.54) is 0 Å². The van der Waals surface area contributed by atoms with E-state index >= 15 is 0 Å². The molecule has 0 aromatic rings. The molecule has 0 aliphatic carbocycles. The summed E-state index contributed by atoms with van der Waals surface area (Å²) in [5.41, 5.74) is 0. The molecule has 0 aromatic carbocycles. The molecule has 0 fully saturated rings. The van der Waals surface area contributed by atoms with E-state index in [4.69, 9.17) is 4.74 Å². The molecular weight excluding hydrogens is 232 g/mol. The second-order valence-electron chi connectivity index (χ2n) is 3.16. The molecular formula is C10H14O7. The third-order valence-electron chi connectivity index (χ3n) is 1.57. The highest BCUT2D eigenvalue weighted by Crippen LogP contribution is 2.05. The van der Waals surface area contributed by atoms with Gasteiger partial charge < -0.3 is 14.2 Å². The van der Waals surface area contributed by atoms with Gasteiger partial charge in [-0.3, -0.25) is 19.2 Å². The number of ether oxygens (including phenoxy) is 3. The molecule has 0 saturated heterocycles. The smallest absolute Gasteiger partial charge is 0.303 e. The SMILES string of the molecule is CC(=O)OCC(OC(C)=O)C(C=O)OC(C)=O. The lowest BCUT2D eigenvalue weighted by Crippen LogP contribution is -2.39. The first-order valence-corrected chi connectivity index (χ1v) is 4.80. The lowest BCUT2D eigenvalue weighted by Gasteiger charge is -2.21. The maximum atomic E-state index is 10.8. The third kappa shape index (κ3) is 7.04. The number of hydrogen-bond acceptors (Lipinski definition) is 7. The third-order valence-corrected chi connectivity index (χ3v) is 1.57. The van der Waals surface area contributed by atoms with E-state index in [0.717, 1.165) is 20.8 Å². The van der Waals surface area contributed by atoms with Crippen LogP contribution in [0.1, 0.15) is 20.8 Å². The fourth-order valence-corrected chi connectivity index (χ4v) is 0.992. The summed E-state index contributed by atoms with van der Waals surface area (Å²) in [6, 6.07) is 0. The number of carbonyl (C=O) groups excluding carboxylic acids is 4. The van der Waals surface area contributed by atoms with Crippen molar-refractivity contribution in [3.05, 3.63) is 0 Å². The highest BCUT2D eigenvalue weighted by Gasteiger charge is 2.28. The molecule has 0 spiro atoms. The van der Waals surface area contributed by atoms with Crippen LogP contribution >= 0.6 is 0 Å². The van der Waals surface area contributed by atoms with Gasteiger partial charge in [-0.1, -0.05) is 0 Å². The second-order valence-corrected chi connectivity index (χ2v) is 3.16. The predicted octanol–water partition coefficient (Wildman–Crippen LogP) is -0.388. The van der Waals surface area contributed by atoms with Crippen LogP contribution in [-0.2, 0) is 33.4 Å². The Bertz CT molecular complexity index is 310. The topological polar surface area (TPSA) is 96.0 Å². The first kappa shape index (κ1) is 15.1. The van der Waals surface area contributed by atoms with Crippen LogP contribution in [0.25, 0.3) is 0 Å². The summed E-state index contributed by atoms with van der Waals surface area (Å²) < 4.78 is 14.0. The van der Waals surface area contributed by atoms with E-state index in [2.05, 4.69) is 9.47 Å². The van der Waals surface area contributed by atoms with Gasteiger partial charge in [-0.05, 0) is 0 Å². The van der Waals surface area contributed by atoms with E-state index in [9.17, 15) is 19.2 Å². The normalized spacial score (nSPS) is 13.1. The summed E-state index contributed by atoms with van der Waals surface area (Å²) in [7, 11) is 0. The van der Waals surface area contributed by atoms with Gasteiger partial charge in [-0.15, -0.1) is 0 Å². The number of aldehydes is 1. The molecule has 0 N–H and O–H groups in total. The first-order valence-electron chi connectivity index (χ1n) is 4.80. The lowest BCUT2D eigenvalue weighted by molar-refractivity contribution is -0.173. The lowest BCUT2D eigenvalue weighted by atomic mass is 10.2. The molecule has 0 aliphatic rings. The maximum Gasteiger partial charge on any atom is 0.303 e. The molecule has 2 unspecified atom stereocenters. The van der Waals surface area contributed by atoms with Crippen molar-refractivity contribution >= 4 is 24.2 Å². The molecule has 0 bridgehead atoms. The summed E-state index contributed by atoms with van der Waals surface area (Å²) in [5.74, 6) is -1.99. The standard InChI is InChI=1S/C10H14O7/c1-6(12)15-5-10(17-8(3)14)9(4-11)16-7(2)13/h4,9-10H,5H2,1-3H3. The Kier molecular flexibility index (Phi) is 6.54. The molecule has 17 heavy (non-hydrogen) atoms. The van der Waals surface area contributed by atoms with Gasteiger partial charge in [0.15, 0.2) is 18.5 Å². The number of esters is 3. The van der Waals surface area contributed by atoms with Crippen molar-refractivity contribution in [2.75, 3.05) is 6.61 Å². The van der Waals surface area contributed by atoms with Crippen LogP contribution in [0, 0.1) is 0 Å². The van der Waals surface area contributed by atoms with Gasteiger partial charge in [0, 0.05) is 20.8 Å². The molecule has 0 radical (unpaired) electrons. The summed E-state index contributed by atoms with van der Waals surface area (Å²) in [6.45, 7) is 3.03. The van der Waals surface area contributed by atoms with Crippen LogP contribution < -0.4 is 0 Å². The molecule has 96 valence electrons. The summed E-state index contributed by atoms with van der Waals surface area (Å²) in [6.07, 6.45) is -2.13. The van der Waals surface area contributed by atoms with Gasteiger partial charge in [0.05, 0.1) is 0 Å². The average Bonchev–Trinajstić information content (AvgIpc) is 2.20. The summed E-state index contributed by atoms with van der Waals surface area (Å²) in [5, 5.41) is 0. The molecule has 0 aromatic heterocycles. The van der Waals surface area contributed by atoms with Gasteiger partial charge in [0.25, 0.3) is 0 Å². The van der Waals surface area contributed by atoms with Crippen LogP contribution in [0.3, 0.4) is 0 Å². The number of hydrogen-bond donors (Lipinski definition) is 0. The van der Waals surface area contributed by atoms with Crippen molar-refractivity contribution in [2.45, 2.75) is 33.0 Å². The van der Waals surface area contributed by atoms with Crippen LogP contribution in [0.5, 0.6) is 0 Å². The van der Waals surface area contributed by atoms with E-state index < -0.39 is 30.1 Å². The van der Waals surface area contributed by atoms with Gasteiger partial charge in [-0.2, -0.15) is 0 Å². The highest BCUT2D eigenvalue weighted by molar-refractivity contribution is 5.71. The Morgan fingerprint density at radius 1 is 1.00 bits per heavy atom. The second kappa shape index (κ2) is 7.37. The Morgan fingerprint density at radius 2 is 1.53 bits per heavy atom. The van der Waals surface area contributed by atoms with E-state index in [1.54, 1.807) is 0 Å². The zero-order valence-corrected chi connectivity index (χ0v) is 9.80. The molecule has 0 amide bonds. The van der Waals surface area contributed by atoms with Crippen LogP contribution in [0.4, 0.5) is 0 Å². The van der Waals surface area contributed by atoms with Crippen molar-refractivity contribution in [3.63, 3.8) is 0 Å². The number of rotatable bonds is 6. The zero-order valence-electron chi connectivity index (χ0n) is 9.80. The van der Waals surface area contributed by atoms with E-state index in [-0.39, 0.29) is 6.61 Å². The Morgan fingerprint density at radius 3 is 1.88 bits per heavy atom. The Hall–Kier alpha value is -1.92. The van der Waals surface area contributed by atoms with Gasteiger partial charge in [-0.25, -0.2) is 0 Å².